The molecule has 0 atom stereocenters. The van der Waals surface area contributed by atoms with Crippen LogP contribution >= 0.6 is 37.7 Å². The summed E-state index contributed by atoms with van der Waals surface area (Å²) in [4.78, 5) is 28.9. The number of nitrogens with one attached hydrogen (secondary N) is 2. The van der Waals surface area contributed by atoms with E-state index in [1.165, 1.54) is 12.7 Å². The average Bonchev–Trinajstić information content (AvgIpc) is 3.16. The number of halogens is 4. The van der Waals surface area contributed by atoms with Gasteiger partial charge in [0.15, 0.2) is 11.3 Å². The van der Waals surface area contributed by atoms with Crippen LogP contribution in [0.2, 0.25) is 0 Å². The van der Waals surface area contributed by atoms with Crippen molar-refractivity contribution in [2.24, 2.45) is 0 Å². The molecule has 0 aliphatic heterocycles. The molecule has 136 valence electrons. The molecule has 0 amide bonds. The van der Waals surface area contributed by atoms with Crippen LogP contribution in [-0.4, -0.2) is 39.9 Å². The Balaban J connectivity index is 0.000000204. The first-order chi connectivity index (χ1) is 11.8. The molecule has 0 aliphatic carbocycles. The Morgan fingerprint density at radius 3 is 1.35 bits per heavy atom. The van der Waals surface area contributed by atoms with Gasteiger partial charge in [-0.2, -0.15) is 0 Å². The fourth-order valence-electron chi connectivity index (χ4n) is 1.49. The van der Waals surface area contributed by atoms with Gasteiger partial charge < -0.3 is 35.2 Å². The van der Waals surface area contributed by atoms with Crippen LogP contribution in [0.25, 0.3) is 22.3 Å². The predicted octanol–water partition coefficient (Wildman–Crippen LogP) is 0.277. The Morgan fingerprint density at radius 1 is 0.692 bits per heavy atom. The van der Waals surface area contributed by atoms with Crippen LogP contribution in [0.3, 0.4) is 0 Å². The molecule has 4 rings (SSSR count). The molecule has 0 aromatic carbocycles. The summed E-state index contributed by atoms with van der Waals surface area (Å²) in [5, 5.41) is 1.03. The number of hydrogen-bond acceptors (Lipinski definition) is 8. The maximum Gasteiger partial charge on any atom is 1.00 e. The summed E-state index contributed by atoms with van der Waals surface area (Å²) in [6.07, 6.45) is 5.92. The van der Waals surface area contributed by atoms with Crippen molar-refractivity contribution in [3.63, 3.8) is 0 Å². The Morgan fingerprint density at radius 2 is 1.04 bits per heavy atom. The molecule has 0 aliphatic rings. The third-order valence-corrected chi connectivity index (χ3v) is 3.00. The minimum Gasteiger partial charge on any atom is -0.758 e. The van der Waals surface area contributed by atoms with Gasteiger partial charge in [-0.15, -0.1) is 0 Å². The van der Waals surface area contributed by atoms with Crippen molar-refractivity contribution in [1.29, 1.82) is 0 Å². The molecule has 0 saturated carbocycles. The number of hydrogen-bond donors (Lipinski definition) is 2. The van der Waals surface area contributed by atoms with Crippen molar-refractivity contribution in [2.75, 3.05) is 0 Å². The minimum absolute atomic E-state index is 0. The first-order valence-corrected chi connectivity index (χ1v) is 17.9. The zero-order valence-electron chi connectivity index (χ0n) is 12.6. The monoisotopic (exact) mass is 660 g/mol. The van der Waals surface area contributed by atoms with Crippen molar-refractivity contribution < 1.29 is 41.5 Å². The van der Waals surface area contributed by atoms with E-state index in [1.807, 2.05) is 0 Å². The smallest absolute Gasteiger partial charge is 0.758 e. The molecule has 0 bridgehead atoms. The van der Waals surface area contributed by atoms with Crippen LogP contribution in [0.4, 0.5) is 0 Å². The van der Waals surface area contributed by atoms with Gasteiger partial charge in [-0.05, 0) is 0 Å². The van der Waals surface area contributed by atoms with Crippen LogP contribution in [0.15, 0.2) is 35.4 Å². The van der Waals surface area contributed by atoms with Gasteiger partial charge in [0.1, 0.15) is 12.7 Å². The molecule has 0 spiro atoms. The van der Waals surface area contributed by atoms with Gasteiger partial charge in [0.25, 0.3) is 0 Å². The van der Waals surface area contributed by atoms with Gasteiger partial charge in [0.2, 0.25) is 0 Å². The average molecular weight is 662 g/mol. The number of fused-ring (bicyclic) bond motifs is 2. The maximum absolute atomic E-state index is 5.01. The normalized spacial score (nSPS) is 10.9. The largest absolute Gasteiger partial charge is 1.00 e. The number of H-pyrrole nitrogens is 2. The van der Waals surface area contributed by atoms with Crippen LogP contribution in [0, 0.1) is 0 Å². The third-order valence-electron chi connectivity index (χ3n) is 2.38. The second-order valence-corrected chi connectivity index (χ2v) is 24.3. The van der Waals surface area contributed by atoms with Crippen molar-refractivity contribution in [3.8, 4) is 0 Å². The van der Waals surface area contributed by atoms with Gasteiger partial charge in [0, 0.05) is 0 Å². The van der Waals surface area contributed by atoms with E-state index in [0.29, 0.717) is 21.3 Å². The molecule has 0 radical (unpaired) electrons. The van der Waals surface area contributed by atoms with Gasteiger partial charge >= 0.3 is 79.1 Å². The topological polar surface area (TPSA) is 109 Å². The zero-order chi connectivity index (χ0) is 18.4. The second-order valence-electron chi connectivity index (χ2n) is 3.83. The van der Waals surface area contributed by atoms with Crippen LogP contribution < -0.4 is 29.6 Å². The van der Waals surface area contributed by atoms with E-state index >= 15 is 0 Å². The fraction of sp³-hybridized carbons (Fsp3) is 0. The first kappa shape index (κ1) is 24.4. The Hall–Kier alpha value is 0.388. The van der Waals surface area contributed by atoms with E-state index in [2.05, 4.69) is 39.9 Å². The SMILES string of the molecule is [Cl][Pt+2]([Cl])([Cl])[Cl].[Na+].[S-]c1ncnc2nc[nH]c12.[S-]c1ncnc2nc[nH]c12. The molecular weight excluding hydrogens is 656 g/mol. The van der Waals surface area contributed by atoms with E-state index in [0.717, 1.165) is 11.0 Å². The summed E-state index contributed by atoms with van der Waals surface area (Å²) < 4.78 is 0. The predicted molar refractivity (Wildman–Crippen MR) is 98.0 cm³/mol. The van der Waals surface area contributed by atoms with Gasteiger partial charge in [-0.3, -0.25) is 9.97 Å². The number of rotatable bonds is 0. The quantitative estimate of drug-likeness (QED) is 0.157. The van der Waals surface area contributed by atoms with Crippen molar-refractivity contribution in [2.45, 2.75) is 10.1 Å². The van der Waals surface area contributed by atoms with Crippen molar-refractivity contribution in [1.82, 2.24) is 39.9 Å². The molecule has 0 unspecified atom stereocenters. The standard InChI is InChI=1S/2C5H4N4S.4ClH.Na.Pt/c2*10-5-3-4(7-1-6-3)8-2-9-5;;;;;;/h2*1-2H,(H2,6,7,8,9,10);4*1H;;/q;;;;;;+1;+6/p-6. The number of aromatic amines is 2. The zero-order valence-corrected chi connectivity index (χ0v) is 21.6. The number of aromatic nitrogens is 8. The van der Waals surface area contributed by atoms with E-state index in [4.69, 9.17) is 62.9 Å². The molecule has 8 nitrogen and oxygen atoms in total. The summed E-state index contributed by atoms with van der Waals surface area (Å²) >= 11 is 6.71. The van der Waals surface area contributed by atoms with E-state index < -0.39 is 11.9 Å². The van der Waals surface area contributed by atoms with Crippen LogP contribution in [-0.2, 0) is 37.2 Å². The summed E-state index contributed by atoms with van der Waals surface area (Å²) in [5.41, 5.74) is 2.72. The fourth-order valence-corrected chi connectivity index (χ4v) is 1.88. The molecule has 0 fully saturated rings. The van der Waals surface area contributed by atoms with Gasteiger partial charge in [-0.25, -0.2) is 19.9 Å². The molecule has 2 N–H and O–H groups in total. The number of nitrogens with zero attached hydrogens (tertiary/aromatic N) is 6. The summed E-state index contributed by atoms with van der Waals surface area (Å²) in [5.74, 6) is 0. The molecule has 4 heterocycles. The van der Waals surface area contributed by atoms with Gasteiger partial charge in [0.05, 0.1) is 23.7 Å². The van der Waals surface area contributed by atoms with E-state index in [9.17, 15) is 0 Å². The Kier molecular flexibility index (Phi) is 10.7. The number of imidazole rings is 2. The summed E-state index contributed by atoms with van der Waals surface area (Å²) in [6.45, 7) is 0. The third kappa shape index (κ3) is 8.18. The molecule has 0 saturated heterocycles. The van der Waals surface area contributed by atoms with Crippen LogP contribution in [0.1, 0.15) is 0 Å². The van der Waals surface area contributed by atoms with Gasteiger partial charge in [-0.1, -0.05) is 10.1 Å². The molecule has 16 heteroatoms. The molecular formula is C10H6Cl4N8NaPtS2+. The maximum atomic E-state index is 5.01. The van der Waals surface area contributed by atoms with Crippen molar-refractivity contribution >= 4 is 85.3 Å². The molecule has 4 aromatic rings. The van der Waals surface area contributed by atoms with E-state index in [1.54, 1.807) is 12.7 Å². The van der Waals surface area contributed by atoms with Crippen LogP contribution in [0.5, 0.6) is 0 Å². The molecule has 4 aromatic heterocycles. The summed E-state index contributed by atoms with van der Waals surface area (Å²) in [7, 11) is 20.0. The van der Waals surface area contributed by atoms with Crippen molar-refractivity contribution in [3.05, 3.63) is 25.3 Å². The first-order valence-electron chi connectivity index (χ1n) is 5.85. The summed E-state index contributed by atoms with van der Waals surface area (Å²) in [6, 6.07) is 0. The van der Waals surface area contributed by atoms with E-state index in [-0.39, 0.29) is 29.6 Å². The Labute approximate surface area is 199 Å². The Bertz CT molecular complexity index is 887. The minimum atomic E-state index is -3.06. The molecule has 26 heavy (non-hydrogen) atoms. The second kappa shape index (κ2) is 11.4.